The van der Waals surface area contributed by atoms with E-state index in [4.69, 9.17) is 10.5 Å². The second kappa shape index (κ2) is 10.1. The zero-order valence-corrected chi connectivity index (χ0v) is 19.9. The number of anilines is 1. The molecule has 180 valence electrons. The SMILES string of the molecule is CC(=O)N(CCCN1CCCC1)n1cc(-c2ccc(Oc3ccccc3)cc2)c2c(N)ncnc21. The standard InChI is InChI=1S/C27H30N6O2/c1-20(34)32(17-7-16-31-14-5-6-15-31)33-18-24(25-26(28)29-19-30-27(25)33)21-10-12-23(13-11-21)35-22-8-3-2-4-9-22/h2-4,8-13,18-19H,5-7,14-17H2,1H3,(H2,28,29,30). The average Bonchev–Trinajstić information content (AvgIpc) is 3.52. The van der Waals surface area contributed by atoms with Crippen LogP contribution in [-0.2, 0) is 4.79 Å². The van der Waals surface area contributed by atoms with Crippen LogP contribution < -0.4 is 15.5 Å². The number of rotatable bonds is 8. The van der Waals surface area contributed by atoms with Crippen LogP contribution in [0.4, 0.5) is 5.82 Å². The predicted octanol–water partition coefficient (Wildman–Crippen LogP) is 4.44. The molecule has 1 fully saturated rings. The number of hydrogen-bond acceptors (Lipinski definition) is 6. The van der Waals surface area contributed by atoms with Crippen molar-refractivity contribution in [3.8, 4) is 22.6 Å². The van der Waals surface area contributed by atoms with Gasteiger partial charge < -0.3 is 15.4 Å². The van der Waals surface area contributed by atoms with Crippen LogP contribution in [0.25, 0.3) is 22.2 Å². The highest BCUT2D eigenvalue weighted by molar-refractivity contribution is 6.01. The van der Waals surface area contributed by atoms with E-state index < -0.39 is 0 Å². The van der Waals surface area contributed by atoms with Crippen molar-refractivity contribution in [3.63, 3.8) is 0 Å². The molecular formula is C27H30N6O2. The van der Waals surface area contributed by atoms with E-state index in [1.807, 2.05) is 65.5 Å². The van der Waals surface area contributed by atoms with Crippen molar-refractivity contribution >= 4 is 22.8 Å². The van der Waals surface area contributed by atoms with Crippen molar-refractivity contribution in [2.75, 3.05) is 36.9 Å². The molecule has 5 rings (SSSR count). The van der Waals surface area contributed by atoms with Crippen LogP contribution in [0.1, 0.15) is 26.2 Å². The molecule has 1 amide bonds. The lowest BCUT2D eigenvalue weighted by atomic mass is 10.1. The van der Waals surface area contributed by atoms with Crippen LogP contribution in [0.5, 0.6) is 11.5 Å². The Morgan fingerprint density at radius 1 is 1.03 bits per heavy atom. The molecule has 0 bridgehead atoms. The molecule has 0 saturated carbocycles. The topological polar surface area (TPSA) is 89.5 Å². The largest absolute Gasteiger partial charge is 0.457 e. The summed E-state index contributed by atoms with van der Waals surface area (Å²) in [5.41, 5.74) is 8.73. The molecule has 0 unspecified atom stereocenters. The number of para-hydroxylation sites is 1. The summed E-state index contributed by atoms with van der Waals surface area (Å²) in [5, 5.41) is 2.47. The second-order valence-corrected chi connectivity index (χ2v) is 8.83. The quantitative estimate of drug-likeness (QED) is 0.409. The number of fused-ring (bicyclic) bond motifs is 1. The number of likely N-dealkylation sites (tertiary alicyclic amines) is 1. The van der Waals surface area contributed by atoms with E-state index in [1.54, 1.807) is 11.9 Å². The summed E-state index contributed by atoms with van der Waals surface area (Å²) < 4.78 is 7.75. The highest BCUT2D eigenvalue weighted by Crippen LogP contribution is 2.34. The summed E-state index contributed by atoms with van der Waals surface area (Å²) in [4.78, 5) is 23.8. The van der Waals surface area contributed by atoms with Gasteiger partial charge >= 0.3 is 0 Å². The fourth-order valence-electron chi connectivity index (χ4n) is 4.67. The maximum atomic E-state index is 12.7. The Morgan fingerprint density at radius 3 is 2.46 bits per heavy atom. The lowest BCUT2D eigenvalue weighted by molar-refractivity contribution is -0.118. The van der Waals surface area contributed by atoms with E-state index in [2.05, 4.69) is 14.9 Å². The van der Waals surface area contributed by atoms with Crippen LogP contribution in [0.3, 0.4) is 0 Å². The van der Waals surface area contributed by atoms with Crippen LogP contribution in [0.2, 0.25) is 0 Å². The molecule has 3 heterocycles. The third kappa shape index (κ3) is 4.97. The normalized spacial score (nSPS) is 13.9. The van der Waals surface area contributed by atoms with Gasteiger partial charge in [0.25, 0.3) is 0 Å². The van der Waals surface area contributed by atoms with Gasteiger partial charge in [-0.15, -0.1) is 0 Å². The molecule has 0 radical (unpaired) electrons. The Balaban J connectivity index is 1.44. The molecule has 35 heavy (non-hydrogen) atoms. The summed E-state index contributed by atoms with van der Waals surface area (Å²) in [6.07, 6.45) is 6.78. The summed E-state index contributed by atoms with van der Waals surface area (Å²) in [6.45, 7) is 5.45. The van der Waals surface area contributed by atoms with Crippen LogP contribution in [0.15, 0.2) is 67.1 Å². The maximum absolute atomic E-state index is 12.7. The lowest BCUT2D eigenvalue weighted by Gasteiger charge is -2.24. The van der Waals surface area contributed by atoms with E-state index >= 15 is 0 Å². The number of amides is 1. The monoisotopic (exact) mass is 470 g/mol. The molecule has 0 spiro atoms. The number of nitrogens with two attached hydrogens (primary N) is 1. The van der Waals surface area contributed by atoms with Gasteiger partial charge in [-0.3, -0.25) is 4.79 Å². The smallest absolute Gasteiger partial charge is 0.238 e. The number of carbonyl (C=O) groups is 1. The van der Waals surface area contributed by atoms with Gasteiger partial charge in [0.15, 0.2) is 5.65 Å². The minimum atomic E-state index is -0.0429. The number of hydrogen-bond donors (Lipinski definition) is 1. The summed E-state index contributed by atoms with van der Waals surface area (Å²) >= 11 is 0. The highest BCUT2D eigenvalue weighted by Gasteiger charge is 2.21. The third-order valence-electron chi connectivity index (χ3n) is 6.41. The van der Waals surface area contributed by atoms with Crippen molar-refractivity contribution in [3.05, 3.63) is 67.1 Å². The third-order valence-corrected chi connectivity index (χ3v) is 6.41. The van der Waals surface area contributed by atoms with E-state index in [0.717, 1.165) is 54.1 Å². The van der Waals surface area contributed by atoms with Gasteiger partial charge in [0.1, 0.15) is 23.6 Å². The molecule has 0 atom stereocenters. The Labute approximate surface area is 204 Å². The summed E-state index contributed by atoms with van der Waals surface area (Å²) in [5.74, 6) is 1.85. The van der Waals surface area contributed by atoms with Crippen LogP contribution in [0, 0.1) is 0 Å². The highest BCUT2D eigenvalue weighted by atomic mass is 16.5. The molecule has 8 nitrogen and oxygen atoms in total. The first-order chi connectivity index (χ1) is 17.1. The molecule has 2 aromatic heterocycles. The van der Waals surface area contributed by atoms with Crippen LogP contribution in [-0.4, -0.2) is 51.6 Å². The van der Waals surface area contributed by atoms with Gasteiger partial charge in [-0.1, -0.05) is 30.3 Å². The summed E-state index contributed by atoms with van der Waals surface area (Å²) in [6, 6.07) is 17.5. The Hall–Kier alpha value is -3.91. The van der Waals surface area contributed by atoms with Crippen molar-refractivity contribution in [1.29, 1.82) is 0 Å². The molecular weight excluding hydrogens is 440 g/mol. The van der Waals surface area contributed by atoms with Crippen molar-refractivity contribution in [1.82, 2.24) is 19.5 Å². The molecule has 0 aliphatic carbocycles. The minimum absolute atomic E-state index is 0.0429. The molecule has 2 aromatic carbocycles. The first kappa shape index (κ1) is 22.9. The Morgan fingerprint density at radius 2 is 1.74 bits per heavy atom. The minimum Gasteiger partial charge on any atom is -0.457 e. The first-order valence-electron chi connectivity index (χ1n) is 12.1. The van der Waals surface area contributed by atoms with Crippen molar-refractivity contribution in [2.24, 2.45) is 0 Å². The number of nitrogens with zero attached hydrogens (tertiary/aromatic N) is 5. The van der Waals surface area contributed by atoms with Gasteiger partial charge in [-0.25, -0.2) is 19.7 Å². The molecule has 8 heteroatoms. The van der Waals surface area contributed by atoms with Crippen molar-refractivity contribution in [2.45, 2.75) is 26.2 Å². The number of nitrogen functional groups attached to an aromatic ring is 1. The molecule has 4 aromatic rings. The fraction of sp³-hybridized carbons (Fsp3) is 0.296. The van der Waals surface area contributed by atoms with E-state index in [1.165, 1.54) is 19.2 Å². The van der Waals surface area contributed by atoms with Crippen LogP contribution >= 0.6 is 0 Å². The summed E-state index contributed by atoms with van der Waals surface area (Å²) in [7, 11) is 0. The van der Waals surface area contributed by atoms with E-state index in [0.29, 0.717) is 18.0 Å². The molecule has 2 N–H and O–H groups in total. The average molecular weight is 471 g/mol. The molecule has 1 aliphatic rings. The van der Waals surface area contributed by atoms with E-state index in [9.17, 15) is 4.79 Å². The van der Waals surface area contributed by atoms with Gasteiger partial charge in [-0.05, 0) is 68.7 Å². The Bertz CT molecular complexity index is 1300. The van der Waals surface area contributed by atoms with E-state index in [-0.39, 0.29) is 5.91 Å². The zero-order valence-electron chi connectivity index (χ0n) is 19.9. The molecule has 1 saturated heterocycles. The van der Waals surface area contributed by atoms with Gasteiger partial charge in [0, 0.05) is 25.2 Å². The van der Waals surface area contributed by atoms with Gasteiger partial charge in [-0.2, -0.15) is 0 Å². The lowest BCUT2D eigenvalue weighted by Crippen LogP contribution is -2.40. The number of benzene rings is 2. The first-order valence-corrected chi connectivity index (χ1v) is 12.1. The zero-order chi connectivity index (χ0) is 24.2. The number of carbonyl (C=O) groups excluding carboxylic acids is 1. The number of aromatic nitrogens is 3. The van der Waals surface area contributed by atoms with Gasteiger partial charge in [0.05, 0.1) is 5.39 Å². The van der Waals surface area contributed by atoms with Crippen molar-refractivity contribution < 1.29 is 9.53 Å². The molecule has 1 aliphatic heterocycles. The predicted molar refractivity (Wildman–Crippen MR) is 138 cm³/mol. The van der Waals surface area contributed by atoms with Gasteiger partial charge in [0.2, 0.25) is 5.91 Å². The Kier molecular flexibility index (Phi) is 6.63. The number of ether oxygens (including phenoxy) is 1. The second-order valence-electron chi connectivity index (χ2n) is 8.83. The maximum Gasteiger partial charge on any atom is 0.238 e. The fourth-order valence-corrected chi connectivity index (χ4v) is 4.67.